The number of carbonyl (C=O) groups excluding carboxylic acids is 2. The van der Waals surface area contributed by atoms with Gasteiger partial charge in [0.2, 0.25) is 5.91 Å². The zero-order valence-electron chi connectivity index (χ0n) is 20.6. The van der Waals surface area contributed by atoms with E-state index in [1.165, 1.54) is 17.0 Å². The van der Waals surface area contributed by atoms with Gasteiger partial charge in [-0.15, -0.1) is 0 Å². The Kier molecular flexibility index (Phi) is 8.53. The van der Waals surface area contributed by atoms with Crippen LogP contribution in [0.2, 0.25) is 0 Å². The van der Waals surface area contributed by atoms with Gasteiger partial charge in [-0.25, -0.2) is 17.6 Å². The highest BCUT2D eigenvalue weighted by Gasteiger charge is 2.40. The highest BCUT2D eigenvalue weighted by molar-refractivity contribution is 5.98. The number of aliphatic hydroxyl groups excluding tert-OH is 1. The monoisotopic (exact) mass is 560 g/mol. The number of nitrogens with one attached hydrogen (secondary N) is 1. The molecule has 2 N–H and O–H groups in total. The van der Waals surface area contributed by atoms with Crippen LogP contribution in [0.1, 0.15) is 71.4 Å². The number of hydrogen-bond donors (Lipinski definition) is 2. The van der Waals surface area contributed by atoms with Crippen LogP contribution in [0.15, 0.2) is 42.5 Å². The first-order chi connectivity index (χ1) is 18.4. The van der Waals surface area contributed by atoms with Crippen molar-refractivity contribution in [1.82, 2.24) is 10.2 Å². The number of benzene rings is 2. The molecule has 2 aliphatic rings. The molecule has 0 aromatic heterocycles. The molecule has 1 aliphatic heterocycles. The molecule has 0 bridgehead atoms. The number of aliphatic hydroxyl groups is 1. The van der Waals surface area contributed by atoms with Crippen molar-refractivity contribution in [3.8, 4) is 0 Å². The lowest BCUT2D eigenvalue weighted by atomic mass is 9.96. The van der Waals surface area contributed by atoms with Gasteiger partial charge in [0, 0.05) is 17.7 Å². The molecule has 1 aliphatic carbocycles. The molecule has 2 amide bonds. The zero-order chi connectivity index (χ0) is 28.5. The van der Waals surface area contributed by atoms with E-state index >= 15 is 0 Å². The van der Waals surface area contributed by atoms with Crippen LogP contribution in [0.4, 0.5) is 30.7 Å². The second-order valence-electron chi connectivity index (χ2n) is 9.92. The molecule has 0 radical (unpaired) electrons. The highest BCUT2D eigenvalue weighted by atomic mass is 19.4. The molecule has 12 heteroatoms. The lowest BCUT2D eigenvalue weighted by Gasteiger charge is -2.36. The first-order valence-corrected chi connectivity index (χ1v) is 12.6. The van der Waals surface area contributed by atoms with Crippen molar-refractivity contribution in [3.05, 3.63) is 70.5 Å². The minimum absolute atomic E-state index is 0.0659. The molecule has 2 fully saturated rings. The number of piperidine rings is 1. The van der Waals surface area contributed by atoms with E-state index in [2.05, 4.69) is 5.32 Å². The van der Waals surface area contributed by atoms with E-state index in [0.717, 1.165) is 24.3 Å². The normalized spacial score (nSPS) is 20.4. The fraction of sp³-hybridized carbons (Fsp3) is 0.481. The van der Waals surface area contributed by atoms with Crippen LogP contribution in [0.25, 0.3) is 0 Å². The van der Waals surface area contributed by atoms with Gasteiger partial charge in [-0.1, -0.05) is 18.2 Å². The Morgan fingerprint density at radius 3 is 2.33 bits per heavy atom. The molecule has 4 rings (SSSR count). The zero-order valence-corrected chi connectivity index (χ0v) is 20.6. The Labute approximate surface area is 220 Å². The number of amides is 2. The van der Waals surface area contributed by atoms with E-state index in [0.29, 0.717) is 31.7 Å². The maximum absolute atomic E-state index is 14.7. The van der Waals surface area contributed by atoms with Crippen LogP contribution in [0.5, 0.6) is 0 Å². The second kappa shape index (κ2) is 11.5. The van der Waals surface area contributed by atoms with Crippen LogP contribution in [0, 0.1) is 11.7 Å². The van der Waals surface area contributed by atoms with E-state index in [1.807, 2.05) is 0 Å². The Balaban J connectivity index is 1.54. The Bertz CT molecular complexity index is 1200. The molecule has 2 aromatic carbocycles. The quantitative estimate of drug-likeness (QED) is 0.405. The van der Waals surface area contributed by atoms with Crippen molar-refractivity contribution in [2.24, 2.45) is 5.92 Å². The van der Waals surface area contributed by atoms with Gasteiger partial charge in [0.15, 0.2) is 6.17 Å². The smallest absolute Gasteiger partial charge is 0.384 e. The fourth-order valence-corrected chi connectivity index (χ4v) is 4.87. The predicted octanol–water partition coefficient (Wildman–Crippen LogP) is 5.74. The molecule has 212 valence electrons. The summed E-state index contributed by atoms with van der Waals surface area (Å²) in [7, 11) is 0. The minimum atomic E-state index is -4.72. The number of likely N-dealkylation sites (tertiary alicyclic amines) is 1. The lowest BCUT2D eigenvalue weighted by molar-refractivity contribution is -0.137. The average Bonchev–Trinajstić information content (AvgIpc) is 3.75. The largest absolute Gasteiger partial charge is 0.416 e. The van der Waals surface area contributed by atoms with Gasteiger partial charge in [-0.3, -0.25) is 9.59 Å². The Hall–Kier alpha value is -3.15. The van der Waals surface area contributed by atoms with Gasteiger partial charge in [-0.05, 0) is 67.9 Å². The molecule has 1 unspecified atom stereocenters. The van der Waals surface area contributed by atoms with Gasteiger partial charge in [0.25, 0.3) is 12.3 Å². The number of hydrogen-bond acceptors (Lipinski definition) is 3. The summed E-state index contributed by atoms with van der Waals surface area (Å²) in [5, 5.41) is 12.1. The SMILES string of the molecule is O=C(N[C@@H](c1ccc(C(F)(F)F)cc1F)C1CC1)[C@H]1CCCCN1C(=O)c1cccc(C(F)[C@H](O)C(F)F)c1. The molecule has 5 nitrogen and oxygen atoms in total. The number of alkyl halides is 6. The molecule has 4 atom stereocenters. The van der Waals surface area contributed by atoms with Crippen molar-refractivity contribution in [2.75, 3.05) is 6.54 Å². The molecule has 39 heavy (non-hydrogen) atoms. The summed E-state index contributed by atoms with van der Waals surface area (Å²) in [6, 6.07) is 5.11. The Morgan fingerprint density at radius 1 is 1.00 bits per heavy atom. The first kappa shape index (κ1) is 28.8. The molecule has 2 aromatic rings. The molecule has 1 saturated heterocycles. The molecular weight excluding hydrogens is 533 g/mol. The van der Waals surface area contributed by atoms with Crippen LogP contribution in [-0.4, -0.2) is 46.9 Å². The summed E-state index contributed by atoms with van der Waals surface area (Å²) >= 11 is 0. The van der Waals surface area contributed by atoms with Crippen molar-refractivity contribution in [2.45, 2.75) is 69.1 Å². The summed E-state index contributed by atoms with van der Waals surface area (Å²) in [6.07, 6.45) is -10.4. The molecule has 0 spiro atoms. The van der Waals surface area contributed by atoms with Gasteiger partial charge in [-0.2, -0.15) is 13.2 Å². The number of halogens is 7. The lowest BCUT2D eigenvalue weighted by Crippen LogP contribution is -2.52. The van der Waals surface area contributed by atoms with E-state index < -0.39 is 60.2 Å². The third-order valence-corrected chi connectivity index (χ3v) is 7.13. The maximum atomic E-state index is 14.7. The number of carbonyl (C=O) groups is 2. The van der Waals surface area contributed by atoms with Crippen LogP contribution < -0.4 is 5.32 Å². The van der Waals surface area contributed by atoms with Crippen molar-refractivity contribution < 1.29 is 45.4 Å². The molecular formula is C27H27F7N2O3. The van der Waals surface area contributed by atoms with Gasteiger partial charge >= 0.3 is 6.18 Å². The van der Waals surface area contributed by atoms with Crippen molar-refractivity contribution in [3.63, 3.8) is 0 Å². The maximum Gasteiger partial charge on any atom is 0.416 e. The van der Waals surface area contributed by atoms with E-state index in [4.69, 9.17) is 0 Å². The van der Waals surface area contributed by atoms with Gasteiger partial charge in [0.1, 0.15) is 18.0 Å². The van der Waals surface area contributed by atoms with Gasteiger partial charge < -0.3 is 15.3 Å². The van der Waals surface area contributed by atoms with E-state index in [9.17, 15) is 45.4 Å². The van der Waals surface area contributed by atoms with Crippen LogP contribution >= 0.6 is 0 Å². The minimum Gasteiger partial charge on any atom is -0.384 e. The number of rotatable bonds is 8. The van der Waals surface area contributed by atoms with Crippen LogP contribution in [-0.2, 0) is 11.0 Å². The van der Waals surface area contributed by atoms with E-state index in [1.54, 1.807) is 0 Å². The Morgan fingerprint density at radius 2 is 1.72 bits per heavy atom. The summed E-state index contributed by atoms with van der Waals surface area (Å²) in [5.41, 5.74) is -1.61. The third kappa shape index (κ3) is 6.54. The van der Waals surface area contributed by atoms with Crippen molar-refractivity contribution >= 4 is 11.8 Å². The van der Waals surface area contributed by atoms with Crippen LogP contribution in [0.3, 0.4) is 0 Å². The summed E-state index contributed by atoms with van der Waals surface area (Å²) in [6.45, 7) is 0.169. The average molecular weight is 561 g/mol. The number of nitrogens with zero attached hydrogens (tertiary/aromatic N) is 1. The summed E-state index contributed by atoms with van der Waals surface area (Å²) in [5.74, 6) is -2.53. The topological polar surface area (TPSA) is 69.6 Å². The molecule has 1 saturated carbocycles. The predicted molar refractivity (Wildman–Crippen MR) is 126 cm³/mol. The molecule has 1 heterocycles. The second-order valence-corrected chi connectivity index (χ2v) is 9.92. The van der Waals surface area contributed by atoms with E-state index in [-0.39, 0.29) is 35.6 Å². The fourth-order valence-electron chi connectivity index (χ4n) is 4.87. The summed E-state index contributed by atoms with van der Waals surface area (Å²) in [4.78, 5) is 27.9. The third-order valence-electron chi connectivity index (χ3n) is 7.13. The summed E-state index contributed by atoms with van der Waals surface area (Å²) < 4.78 is 93.6. The van der Waals surface area contributed by atoms with Crippen molar-refractivity contribution in [1.29, 1.82) is 0 Å². The standard InChI is InChI=1S/C27H27F7N2O3/c28-19-13-17(27(32,33)34)9-10-18(19)22(14-7-8-14)35-25(38)20-6-1-2-11-36(20)26(39)16-5-3-4-15(12-16)21(29)23(37)24(30)31/h3-5,9-10,12-14,20-24,37H,1-2,6-8,11H2,(H,35,38)/t20-,21?,22-,23+/m1/s1. The van der Waals surface area contributed by atoms with Gasteiger partial charge in [0.05, 0.1) is 11.6 Å². The first-order valence-electron chi connectivity index (χ1n) is 12.6. The highest BCUT2D eigenvalue weighted by Crippen LogP contribution is 2.43.